The van der Waals surface area contributed by atoms with Crippen LogP contribution in [0.4, 0.5) is 0 Å². The summed E-state index contributed by atoms with van der Waals surface area (Å²) in [6.45, 7) is 1.87. The number of hydrogen-bond donors (Lipinski definition) is 1. The number of nitrogens with zero attached hydrogens (tertiary/aromatic N) is 1. The minimum atomic E-state index is 0.393. The molecule has 0 bridgehead atoms. The maximum Gasteiger partial charge on any atom is 0.124 e. The Kier molecular flexibility index (Phi) is 5.09. The number of benzene rings is 1. The molecule has 4 heteroatoms. The SMILES string of the molecule is CN1CC(CN)CC1c1ccccc1OC1CCSCC1. The van der Waals surface area contributed by atoms with E-state index in [1.165, 1.54) is 29.9 Å². The van der Waals surface area contributed by atoms with E-state index in [0.717, 1.165) is 25.3 Å². The van der Waals surface area contributed by atoms with E-state index in [1.807, 2.05) is 11.8 Å². The van der Waals surface area contributed by atoms with Crippen LogP contribution in [0.5, 0.6) is 5.75 Å². The fourth-order valence-electron chi connectivity index (χ4n) is 3.48. The Morgan fingerprint density at radius 3 is 2.76 bits per heavy atom. The molecule has 3 rings (SSSR count). The average Bonchev–Trinajstić information content (AvgIpc) is 2.90. The quantitative estimate of drug-likeness (QED) is 0.928. The lowest BCUT2D eigenvalue weighted by molar-refractivity contribution is 0.185. The molecule has 2 fully saturated rings. The lowest BCUT2D eigenvalue weighted by Gasteiger charge is -2.27. The fourth-order valence-corrected chi connectivity index (χ4v) is 4.54. The zero-order valence-electron chi connectivity index (χ0n) is 12.8. The van der Waals surface area contributed by atoms with Crippen molar-refractivity contribution in [3.8, 4) is 5.75 Å². The molecule has 0 amide bonds. The molecule has 21 heavy (non-hydrogen) atoms. The van der Waals surface area contributed by atoms with E-state index in [9.17, 15) is 0 Å². The van der Waals surface area contributed by atoms with Crippen LogP contribution in [-0.2, 0) is 0 Å². The molecule has 0 aliphatic carbocycles. The normalized spacial score (nSPS) is 27.9. The van der Waals surface area contributed by atoms with E-state index in [2.05, 4.69) is 36.2 Å². The first kappa shape index (κ1) is 15.2. The van der Waals surface area contributed by atoms with Gasteiger partial charge in [-0.15, -0.1) is 0 Å². The molecule has 2 saturated heterocycles. The summed E-state index contributed by atoms with van der Waals surface area (Å²) >= 11 is 2.04. The van der Waals surface area contributed by atoms with Gasteiger partial charge in [0.1, 0.15) is 11.9 Å². The first-order valence-corrected chi connectivity index (χ1v) is 9.17. The van der Waals surface area contributed by atoms with Gasteiger partial charge in [-0.2, -0.15) is 11.8 Å². The molecule has 2 aliphatic rings. The number of rotatable bonds is 4. The van der Waals surface area contributed by atoms with Gasteiger partial charge in [-0.05, 0) is 56.3 Å². The topological polar surface area (TPSA) is 38.5 Å². The van der Waals surface area contributed by atoms with Crippen LogP contribution < -0.4 is 10.5 Å². The summed E-state index contributed by atoms with van der Waals surface area (Å²) in [7, 11) is 2.20. The van der Waals surface area contributed by atoms with Crippen molar-refractivity contribution in [3.63, 3.8) is 0 Å². The Morgan fingerprint density at radius 1 is 1.29 bits per heavy atom. The van der Waals surface area contributed by atoms with Gasteiger partial charge in [-0.3, -0.25) is 4.90 Å². The second kappa shape index (κ2) is 7.03. The Hall–Kier alpha value is -0.710. The summed E-state index contributed by atoms with van der Waals surface area (Å²) in [6.07, 6.45) is 3.88. The van der Waals surface area contributed by atoms with Crippen LogP contribution in [0.15, 0.2) is 24.3 Å². The van der Waals surface area contributed by atoms with Crippen molar-refractivity contribution in [2.24, 2.45) is 11.7 Å². The maximum absolute atomic E-state index is 6.34. The smallest absolute Gasteiger partial charge is 0.124 e. The summed E-state index contributed by atoms with van der Waals surface area (Å²) < 4.78 is 6.34. The van der Waals surface area contributed by atoms with Crippen molar-refractivity contribution >= 4 is 11.8 Å². The second-order valence-electron chi connectivity index (χ2n) is 6.26. The van der Waals surface area contributed by atoms with Crippen LogP contribution in [-0.4, -0.2) is 42.6 Å². The highest BCUT2D eigenvalue weighted by Crippen LogP contribution is 2.39. The van der Waals surface area contributed by atoms with Gasteiger partial charge in [0.2, 0.25) is 0 Å². The molecule has 0 radical (unpaired) electrons. The molecule has 2 N–H and O–H groups in total. The van der Waals surface area contributed by atoms with Gasteiger partial charge in [0.15, 0.2) is 0 Å². The molecule has 0 aromatic heterocycles. The van der Waals surface area contributed by atoms with Crippen molar-refractivity contribution in [3.05, 3.63) is 29.8 Å². The highest BCUT2D eigenvalue weighted by Gasteiger charge is 2.31. The highest BCUT2D eigenvalue weighted by atomic mass is 32.2. The molecular weight excluding hydrogens is 280 g/mol. The first-order valence-electron chi connectivity index (χ1n) is 8.01. The average molecular weight is 306 g/mol. The largest absolute Gasteiger partial charge is 0.490 e. The van der Waals surface area contributed by atoms with Crippen molar-refractivity contribution < 1.29 is 4.74 Å². The van der Waals surface area contributed by atoms with Gasteiger partial charge >= 0.3 is 0 Å². The number of para-hydroxylation sites is 1. The van der Waals surface area contributed by atoms with Crippen molar-refractivity contribution in [2.45, 2.75) is 31.4 Å². The molecule has 116 valence electrons. The summed E-state index contributed by atoms with van der Waals surface area (Å²) in [4.78, 5) is 2.43. The van der Waals surface area contributed by atoms with Crippen LogP contribution in [0.25, 0.3) is 0 Å². The number of ether oxygens (including phenoxy) is 1. The molecule has 0 saturated carbocycles. The third-order valence-corrected chi connectivity index (χ3v) is 5.76. The van der Waals surface area contributed by atoms with Crippen LogP contribution in [0.1, 0.15) is 30.9 Å². The lowest BCUT2D eigenvalue weighted by atomic mass is 9.99. The first-order chi connectivity index (χ1) is 10.3. The van der Waals surface area contributed by atoms with E-state index in [0.29, 0.717) is 18.1 Å². The minimum Gasteiger partial charge on any atom is -0.490 e. The predicted molar refractivity (Wildman–Crippen MR) is 89.9 cm³/mol. The molecule has 1 aromatic carbocycles. The summed E-state index contributed by atoms with van der Waals surface area (Å²) in [6, 6.07) is 9.04. The van der Waals surface area contributed by atoms with Gasteiger partial charge < -0.3 is 10.5 Å². The standard InChI is InChI=1S/C17H26N2OS/c1-19-12-13(11-18)10-16(19)15-4-2-3-5-17(15)20-14-6-8-21-9-7-14/h2-5,13-14,16H,6-12,18H2,1H3. The number of hydrogen-bond acceptors (Lipinski definition) is 4. The summed E-state index contributed by atoms with van der Waals surface area (Å²) in [5, 5.41) is 0. The molecular formula is C17H26N2OS. The monoisotopic (exact) mass is 306 g/mol. The third kappa shape index (κ3) is 3.55. The van der Waals surface area contributed by atoms with Crippen LogP contribution in [0.3, 0.4) is 0 Å². The Morgan fingerprint density at radius 2 is 2.05 bits per heavy atom. The van der Waals surface area contributed by atoms with E-state index >= 15 is 0 Å². The number of thioether (sulfide) groups is 1. The highest BCUT2D eigenvalue weighted by molar-refractivity contribution is 7.99. The zero-order chi connectivity index (χ0) is 14.7. The summed E-state index contributed by atoms with van der Waals surface area (Å²) in [5.41, 5.74) is 7.21. The Bertz CT molecular complexity index is 462. The number of nitrogens with two attached hydrogens (primary N) is 1. The molecule has 1 aromatic rings. The van der Waals surface area contributed by atoms with Gasteiger partial charge in [-0.1, -0.05) is 18.2 Å². The molecule has 0 spiro atoms. The second-order valence-corrected chi connectivity index (χ2v) is 7.48. The van der Waals surface area contributed by atoms with Crippen LogP contribution in [0, 0.1) is 5.92 Å². The van der Waals surface area contributed by atoms with Crippen LogP contribution >= 0.6 is 11.8 Å². The van der Waals surface area contributed by atoms with Gasteiger partial charge in [0, 0.05) is 18.2 Å². The van der Waals surface area contributed by atoms with Gasteiger partial charge in [0.05, 0.1) is 0 Å². The third-order valence-electron chi connectivity index (χ3n) is 4.71. The lowest BCUT2D eigenvalue weighted by Crippen LogP contribution is -2.24. The maximum atomic E-state index is 6.34. The molecule has 2 aliphatic heterocycles. The van der Waals surface area contributed by atoms with Crippen molar-refractivity contribution in [2.75, 3.05) is 31.6 Å². The van der Waals surface area contributed by atoms with Crippen molar-refractivity contribution in [1.82, 2.24) is 4.90 Å². The number of likely N-dealkylation sites (tertiary alicyclic amines) is 1. The van der Waals surface area contributed by atoms with E-state index in [4.69, 9.17) is 10.5 Å². The Balaban J connectivity index is 1.76. The predicted octanol–water partition coefficient (Wildman–Crippen LogP) is 2.91. The fraction of sp³-hybridized carbons (Fsp3) is 0.647. The van der Waals surface area contributed by atoms with E-state index in [1.54, 1.807) is 0 Å². The Labute approximate surface area is 132 Å². The van der Waals surface area contributed by atoms with Crippen molar-refractivity contribution in [1.29, 1.82) is 0 Å². The summed E-state index contributed by atoms with van der Waals surface area (Å²) in [5.74, 6) is 4.15. The van der Waals surface area contributed by atoms with Crippen LogP contribution in [0.2, 0.25) is 0 Å². The zero-order valence-corrected chi connectivity index (χ0v) is 13.6. The van der Waals surface area contributed by atoms with E-state index in [-0.39, 0.29) is 0 Å². The van der Waals surface area contributed by atoms with Gasteiger partial charge in [-0.25, -0.2) is 0 Å². The van der Waals surface area contributed by atoms with E-state index < -0.39 is 0 Å². The minimum absolute atomic E-state index is 0.393. The molecule has 2 atom stereocenters. The molecule has 2 unspecified atom stereocenters. The molecule has 3 nitrogen and oxygen atoms in total. The molecule has 2 heterocycles. The van der Waals surface area contributed by atoms with Gasteiger partial charge in [0.25, 0.3) is 0 Å².